The zero-order valence-corrected chi connectivity index (χ0v) is 7.09. The standard InChI is InChI=1S/C8H15NO2/c1-3-11-8(10)7(2)5-4-6-9/h5H,3-4,6,9H2,1-2H3/b7-5+. The Kier molecular flexibility index (Phi) is 5.47. The Morgan fingerprint density at radius 3 is 2.73 bits per heavy atom. The maximum Gasteiger partial charge on any atom is 0.333 e. The van der Waals surface area contributed by atoms with E-state index < -0.39 is 0 Å². The normalized spacial score (nSPS) is 11.4. The van der Waals surface area contributed by atoms with Gasteiger partial charge in [0.15, 0.2) is 0 Å². The molecule has 0 aromatic heterocycles. The molecule has 0 aliphatic carbocycles. The van der Waals surface area contributed by atoms with Gasteiger partial charge in [-0.1, -0.05) is 6.08 Å². The molecule has 11 heavy (non-hydrogen) atoms. The van der Waals surface area contributed by atoms with Gasteiger partial charge in [0.05, 0.1) is 6.61 Å². The van der Waals surface area contributed by atoms with Crippen LogP contribution in [0.25, 0.3) is 0 Å². The lowest BCUT2D eigenvalue weighted by Crippen LogP contribution is -2.06. The fraction of sp³-hybridized carbons (Fsp3) is 0.625. The van der Waals surface area contributed by atoms with Crippen LogP contribution in [0.15, 0.2) is 11.6 Å². The second-order valence-electron chi connectivity index (χ2n) is 2.18. The van der Waals surface area contributed by atoms with E-state index in [-0.39, 0.29) is 5.97 Å². The summed E-state index contributed by atoms with van der Waals surface area (Å²) in [6.45, 7) is 4.51. The molecule has 0 aliphatic rings. The molecule has 0 aromatic carbocycles. The van der Waals surface area contributed by atoms with Gasteiger partial charge in [0.1, 0.15) is 0 Å². The highest BCUT2D eigenvalue weighted by Gasteiger charge is 2.01. The van der Waals surface area contributed by atoms with Gasteiger partial charge in [0, 0.05) is 5.57 Å². The molecule has 0 saturated carbocycles. The molecule has 0 bridgehead atoms. The average molecular weight is 157 g/mol. The SMILES string of the molecule is CCOC(=O)/C(C)=C/CCN. The predicted molar refractivity (Wildman–Crippen MR) is 44.1 cm³/mol. The summed E-state index contributed by atoms with van der Waals surface area (Å²) in [6, 6.07) is 0. The van der Waals surface area contributed by atoms with E-state index in [0.717, 1.165) is 6.42 Å². The maximum atomic E-state index is 10.9. The van der Waals surface area contributed by atoms with E-state index in [0.29, 0.717) is 18.7 Å². The molecule has 0 atom stereocenters. The Labute approximate surface area is 67.2 Å². The van der Waals surface area contributed by atoms with Crippen LogP contribution < -0.4 is 5.73 Å². The number of hydrogen-bond acceptors (Lipinski definition) is 3. The smallest absolute Gasteiger partial charge is 0.333 e. The molecule has 0 heterocycles. The van der Waals surface area contributed by atoms with Crippen LogP contribution in [0.2, 0.25) is 0 Å². The van der Waals surface area contributed by atoms with E-state index in [9.17, 15) is 4.79 Å². The Bertz CT molecular complexity index is 152. The predicted octanol–water partition coefficient (Wildman–Crippen LogP) is 0.845. The minimum atomic E-state index is -0.249. The van der Waals surface area contributed by atoms with Crippen LogP contribution in [-0.2, 0) is 9.53 Å². The zero-order valence-electron chi connectivity index (χ0n) is 7.09. The third kappa shape index (κ3) is 4.56. The molecule has 0 radical (unpaired) electrons. The van der Waals surface area contributed by atoms with Gasteiger partial charge in [-0.2, -0.15) is 0 Å². The molecular weight excluding hydrogens is 142 g/mol. The molecule has 2 N–H and O–H groups in total. The molecule has 0 fully saturated rings. The molecule has 3 heteroatoms. The Morgan fingerprint density at radius 2 is 2.27 bits per heavy atom. The minimum Gasteiger partial charge on any atom is -0.463 e. The summed E-state index contributed by atoms with van der Waals surface area (Å²) < 4.78 is 4.75. The van der Waals surface area contributed by atoms with Crippen molar-refractivity contribution in [3.05, 3.63) is 11.6 Å². The molecular formula is C8H15NO2. The van der Waals surface area contributed by atoms with Crippen LogP contribution in [0, 0.1) is 0 Å². The second-order valence-corrected chi connectivity index (χ2v) is 2.18. The van der Waals surface area contributed by atoms with Crippen LogP contribution in [-0.4, -0.2) is 19.1 Å². The van der Waals surface area contributed by atoms with Gasteiger partial charge in [-0.15, -0.1) is 0 Å². The number of nitrogens with two attached hydrogens (primary N) is 1. The Morgan fingerprint density at radius 1 is 1.64 bits per heavy atom. The molecule has 0 rings (SSSR count). The number of rotatable bonds is 4. The van der Waals surface area contributed by atoms with E-state index in [4.69, 9.17) is 10.5 Å². The van der Waals surface area contributed by atoms with Gasteiger partial charge in [-0.25, -0.2) is 4.79 Å². The van der Waals surface area contributed by atoms with E-state index in [1.807, 2.05) is 0 Å². The summed E-state index contributed by atoms with van der Waals surface area (Å²) in [7, 11) is 0. The van der Waals surface area contributed by atoms with E-state index in [2.05, 4.69) is 0 Å². The molecule has 0 unspecified atom stereocenters. The lowest BCUT2D eigenvalue weighted by atomic mass is 10.2. The van der Waals surface area contributed by atoms with Gasteiger partial charge >= 0.3 is 5.97 Å². The average Bonchev–Trinajstić information content (AvgIpc) is 2.00. The molecule has 0 amide bonds. The lowest BCUT2D eigenvalue weighted by Gasteiger charge is -2.00. The molecule has 0 spiro atoms. The highest BCUT2D eigenvalue weighted by atomic mass is 16.5. The number of ether oxygens (including phenoxy) is 1. The van der Waals surface area contributed by atoms with Gasteiger partial charge < -0.3 is 10.5 Å². The third-order valence-electron chi connectivity index (χ3n) is 1.21. The van der Waals surface area contributed by atoms with Crippen LogP contribution in [0.1, 0.15) is 20.3 Å². The van der Waals surface area contributed by atoms with Crippen molar-refractivity contribution in [2.75, 3.05) is 13.2 Å². The highest BCUT2D eigenvalue weighted by Crippen LogP contribution is 1.97. The van der Waals surface area contributed by atoms with Crippen molar-refractivity contribution in [2.24, 2.45) is 5.73 Å². The molecule has 0 aliphatic heterocycles. The first-order chi connectivity index (χ1) is 5.22. The highest BCUT2D eigenvalue weighted by molar-refractivity contribution is 5.87. The maximum absolute atomic E-state index is 10.9. The van der Waals surface area contributed by atoms with Crippen molar-refractivity contribution in [1.29, 1.82) is 0 Å². The molecule has 0 saturated heterocycles. The Hall–Kier alpha value is -0.830. The zero-order chi connectivity index (χ0) is 8.69. The van der Waals surface area contributed by atoms with Gasteiger partial charge in [0.25, 0.3) is 0 Å². The van der Waals surface area contributed by atoms with Crippen LogP contribution >= 0.6 is 0 Å². The van der Waals surface area contributed by atoms with Crippen LogP contribution in [0.4, 0.5) is 0 Å². The van der Waals surface area contributed by atoms with Gasteiger partial charge in [0.2, 0.25) is 0 Å². The monoisotopic (exact) mass is 157 g/mol. The number of hydrogen-bond donors (Lipinski definition) is 1. The fourth-order valence-corrected chi connectivity index (χ4v) is 0.628. The lowest BCUT2D eigenvalue weighted by molar-refractivity contribution is -0.138. The first-order valence-corrected chi connectivity index (χ1v) is 3.76. The summed E-state index contributed by atoms with van der Waals surface area (Å²) in [4.78, 5) is 10.9. The molecule has 64 valence electrons. The number of carbonyl (C=O) groups excluding carboxylic acids is 1. The van der Waals surface area contributed by atoms with Crippen LogP contribution in [0.5, 0.6) is 0 Å². The van der Waals surface area contributed by atoms with E-state index in [1.165, 1.54) is 0 Å². The minimum absolute atomic E-state index is 0.249. The van der Waals surface area contributed by atoms with E-state index >= 15 is 0 Å². The van der Waals surface area contributed by atoms with E-state index in [1.54, 1.807) is 19.9 Å². The topological polar surface area (TPSA) is 52.3 Å². The first-order valence-electron chi connectivity index (χ1n) is 3.76. The van der Waals surface area contributed by atoms with Gasteiger partial charge in [-0.05, 0) is 26.8 Å². The summed E-state index contributed by atoms with van der Waals surface area (Å²) in [5, 5.41) is 0. The van der Waals surface area contributed by atoms with Gasteiger partial charge in [-0.3, -0.25) is 0 Å². The van der Waals surface area contributed by atoms with Crippen molar-refractivity contribution >= 4 is 5.97 Å². The molecule has 0 aromatic rings. The fourth-order valence-electron chi connectivity index (χ4n) is 0.628. The third-order valence-corrected chi connectivity index (χ3v) is 1.21. The van der Waals surface area contributed by atoms with Crippen molar-refractivity contribution in [2.45, 2.75) is 20.3 Å². The quantitative estimate of drug-likeness (QED) is 0.486. The largest absolute Gasteiger partial charge is 0.463 e. The van der Waals surface area contributed by atoms with Crippen LogP contribution in [0.3, 0.4) is 0 Å². The summed E-state index contributed by atoms with van der Waals surface area (Å²) in [5.74, 6) is -0.249. The van der Waals surface area contributed by atoms with Crippen molar-refractivity contribution in [3.63, 3.8) is 0 Å². The van der Waals surface area contributed by atoms with Crippen molar-refractivity contribution < 1.29 is 9.53 Å². The summed E-state index contributed by atoms with van der Waals surface area (Å²) in [6.07, 6.45) is 2.52. The summed E-state index contributed by atoms with van der Waals surface area (Å²) in [5.41, 5.74) is 5.89. The molecule has 3 nitrogen and oxygen atoms in total. The Balaban J connectivity index is 3.80. The van der Waals surface area contributed by atoms with Crippen molar-refractivity contribution in [1.82, 2.24) is 0 Å². The number of esters is 1. The number of carbonyl (C=O) groups is 1. The second kappa shape index (κ2) is 5.92. The first kappa shape index (κ1) is 10.2. The van der Waals surface area contributed by atoms with Crippen molar-refractivity contribution in [3.8, 4) is 0 Å². The summed E-state index contributed by atoms with van der Waals surface area (Å²) >= 11 is 0.